The molecule has 1 saturated heterocycles. The van der Waals surface area contributed by atoms with Crippen LogP contribution in [0.1, 0.15) is 186 Å². The Hall–Kier alpha value is -13.3. The van der Waals surface area contributed by atoms with Gasteiger partial charge >= 0.3 is 18.2 Å². The summed E-state index contributed by atoms with van der Waals surface area (Å²) in [5.41, 5.74) is 3.73. The molecule has 29 nitrogen and oxygen atoms in total. The Balaban J connectivity index is 0.000000151. The zero-order valence-electron chi connectivity index (χ0n) is 68.8. The molecule has 0 spiro atoms. The van der Waals surface area contributed by atoms with Gasteiger partial charge in [-0.15, -0.1) is 42.4 Å². The first-order valence-electron chi connectivity index (χ1n) is 40.6. The second kappa shape index (κ2) is 41.1. The van der Waals surface area contributed by atoms with E-state index in [-0.39, 0.29) is 59.4 Å². The average Bonchev–Trinajstić information content (AvgIpc) is 1.57. The van der Waals surface area contributed by atoms with Crippen molar-refractivity contribution >= 4 is 91.3 Å². The summed E-state index contributed by atoms with van der Waals surface area (Å²) >= 11 is 5.37. The summed E-state index contributed by atoms with van der Waals surface area (Å²) in [5.74, 6) is 1.30. The topological polar surface area (TPSA) is 288 Å². The lowest BCUT2D eigenvalue weighted by atomic mass is 10.1. The van der Waals surface area contributed by atoms with Crippen molar-refractivity contribution in [2.45, 2.75) is 156 Å². The molecule has 0 saturated carbocycles. The van der Waals surface area contributed by atoms with Crippen LogP contribution in [0.15, 0.2) is 174 Å². The van der Waals surface area contributed by atoms with Crippen LogP contribution in [0.2, 0.25) is 0 Å². The van der Waals surface area contributed by atoms with Gasteiger partial charge in [-0.05, 0) is 135 Å². The minimum atomic E-state index is -4.93. The van der Waals surface area contributed by atoms with Gasteiger partial charge in [0.25, 0.3) is 11.8 Å². The molecule has 0 unspecified atom stereocenters. The fourth-order valence-electron chi connectivity index (χ4n) is 14.4. The molecule has 2 amide bonds. The molecule has 630 valence electrons. The van der Waals surface area contributed by atoms with Crippen LogP contribution in [0.4, 0.5) is 29.3 Å². The van der Waals surface area contributed by atoms with E-state index in [9.17, 15) is 42.4 Å². The number of aromatic nitrogens is 17. The lowest BCUT2D eigenvalue weighted by Crippen LogP contribution is -2.39. The SMILES string of the molecule is CCCCCCCCSc1c(Br)cn2nc(OCC)n(C(C)=O)c12.CCN(CC)C(=O)c1cn2nc(-c3nncn3-c3ccccc3)n(C(=O)N3CCCCC3)c2c1C(F)(F)F.[C-]#[N+]c1cn2nc(-c3ccc(OCCCCCCCC)cc3)n(C(C)=O)c2c1-c1ccccn1.[C-]#[N+]c1cn2nc(-c3ccccc3)n(C(=O)c3cccnc3)c2c1C#N. The fraction of sp³-hybridized carbons (Fsp3) is 0.341. The molecule has 0 N–H and O–H groups in total. The first-order valence-corrected chi connectivity index (χ1v) is 42.4. The number of para-hydroxylation sites is 1. The molecular weight excluding hydrogens is 1650 g/mol. The number of rotatable bonds is 27. The molecule has 0 bridgehead atoms. The second-order valence-electron chi connectivity index (χ2n) is 28.5. The number of carbonyl (C=O) groups is 5. The van der Waals surface area contributed by atoms with Crippen LogP contribution in [-0.2, 0) is 6.18 Å². The summed E-state index contributed by atoms with van der Waals surface area (Å²) in [7, 11) is 0. The molecule has 12 heterocycles. The summed E-state index contributed by atoms with van der Waals surface area (Å²) in [6.07, 6.45) is 24.7. The molecule has 11 aromatic heterocycles. The number of nitrogens with zero attached hydrogens (tertiary/aromatic N) is 22. The number of nitriles is 1. The van der Waals surface area contributed by atoms with Crippen molar-refractivity contribution in [2.75, 3.05) is 45.1 Å². The Morgan fingerprint density at radius 3 is 1.83 bits per heavy atom. The van der Waals surface area contributed by atoms with Gasteiger partial charge in [0.05, 0.1) is 64.2 Å². The fourth-order valence-corrected chi connectivity index (χ4v) is 16.2. The van der Waals surface area contributed by atoms with E-state index >= 15 is 0 Å². The monoisotopic (exact) mass is 1740 g/mol. The standard InChI is InChI=1S/C27H29N5O2.C25H27F3N8O2.C19H10N6O.C17H26BrN3O2S/c1-4-5-6-7-8-11-18-34-22-15-13-21(14-16-22)26-30-31-19-24(28-3)25(23-12-9-10-17-29-23)27(31)32(26)20(2)33;1-3-32(4-2)23(37)18-15-35-22(19(18)25(26,27)28)36(24(38)33-13-9-6-10-14-33)21(31-35)20-30-29-16-34(20)17-11-7-5-8-12-17;1-21-16-12-24-18(15(16)10-20)25(19(26)14-8-5-9-22-11-14)17(23-24)13-6-3-2-4-7-13;1-4-6-7-8-9-10-11-24-15-14(18)12-20-16(15)21(13(3)22)17(19-20)23-5-2/h9-10,12-17,19H,4-8,11,18H2,1-2H3;5,7-8,11-12,15-16H,3-4,6,9-10,13-14H2,1-2H3;2-9,11-12H;12H,4-11H2,1-3H3. The molecule has 1 fully saturated rings. The van der Waals surface area contributed by atoms with Gasteiger partial charge in [0, 0.05) is 100 Å². The highest BCUT2D eigenvalue weighted by Gasteiger charge is 2.44. The van der Waals surface area contributed by atoms with Crippen LogP contribution in [0.5, 0.6) is 11.8 Å². The Morgan fingerprint density at radius 1 is 0.607 bits per heavy atom. The van der Waals surface area contributed by atoms with Gasteiger partial charge in [-0.25, -0.2) is 50.8 Å². The minimum Gasteiger partial charge on any atom is -0.494 e. The van der Waals surface area contributed by atoms with Gasteiger partial charge in [-0.1, -0.05) is 133 Å². The number of thioether (sulfide) groups is 1. The Labute approximate surface area is 715 Å². The number of carbonyl (C=O) groups excluding carboxylic acids is 5. The number of benzene rings is 3. The van der Waals surface area contributed by atoms with Crippen LogP contribution < -0.4 is 9.47 Å². The normalized spacial score (nSPS) is 12.0. The molecule has 3 aromatic carbocycles. The number of hydrogen-bond acceptors (Lipinski definition) is 17. The van der Waals surface area contributed by atoms with Crippen LogP contribution in [0.25, 0.3) is 83.6 Å². The number of hydrogen-bond donors (Lipinski definition) is 0. The highest BCUT2D eigenvalue weighted by Crippen LogP contribution is 2.42. The minimum absolute atomic E-state index is 0.0898. The zero-order valence-corrected chi connectivity index (χ0v) is 71.2. The summed E-state index contributed by atoms with van der Waals surface area (Å²) in [5, 5.41) is 35.4. The Bertz CT molecular complexity index is 6110. The number of likely N-dealkylation sites (tertiary alicyclic amines) is 1. The lowest BCUT2D eigenvalue weighted by molar-refractivity contribution is -0.136. The van der Waals surface area contributed by atoms with E-state index in [2.05, 4.69) is 80.0 Å². The highest BCUT2D eigenvalue weighted by molar-refractivity contribution is 9.10. The van der Waals surface area contributed by atoms with E-state index in [1.807, 2.05) is 98.1 Å². The van der Waals surface area contributed by atoms with Crippen molar-refractivity contribution in [3.05, 3.63) is 215 Å². The van der Waals surface area contributed by atoms with Crippen LogP contribution in [0, 0.1) is 24.5 Å². The van der Waals surface area contributed by atoms with Crippen LogP contribution >= 0.6 is 27.7 Å². The van der Waals surface area contributed by atoms with Gasteiger partial charge < -0.3 is 19.3 Å². The van der Waals surface area contributed by atoms with Gasteiger partial charge in [0.15, 0.2) is 22.9 Å². The smallest absolute Gasteiger partial charge is 0.420 e. The van der Waals surface area contributed by atoms with Crippen molar-refractivity contribution in [1.29, 1.82) is 5.26 Å². The first kappa shape index (κ1) is 88.0. The third kappa shape index (κ3) is 19.4. The molecule has 122 heavy (non-hydrogen) atoms. The van der Waals surface area contributed by atoms with E-state index in [4.69, 9.17) is 22.6 Å². The number of halogens is 4. The van der Waals surface area contributed by atoms with Crippen molar-refractivity contribution in [2.24, 2.45) is 0 Å². The number of pyridine rings is 2. The third-order valence-electron chi connectivity index (χ3n) is 20.3. The van der Waals surface area contributed by atoms with Crippen molar-refractivity contribution in [3.63, 3.8) is 0 Å². The van der Waals surface area contributed by atoms with Gasteiger partial charge in [-0.3, -0.25) is 33.7 Å². The number of ether oxygens (including phenoxy) is 2. The Morgan fingerprint density at radius 2 is 1.21 bits per heavy atom. The summed E-state index contributed by atoms with van der Waals surface area (Å²) in [4.78, 5) is 84.2. The molecule has 0 atom stereocenters. The summed E-state index contributed by atoms with van der Waals surface area (Å²) < 4.78 is 68.9. The maximum atomic E-state index is 14.6. The average molecular weight is 1740 g/mol. The lowest BCUT2D eigenvalue weighted by Gasteiger charge is -2.27. The van der Waals surface area contributed by atoms with E-state index < -0.39 is 34.9 Å². The number of piperidine rings is 1. The predicted molar refractivity (Wildman–Crippen MR) is 461 cm³/mol. The van der Waals surface area contributed by atoms with Crippen molar-refractivity contribution < 1.29 is 46.6 Å². The van der Waals surface area contributed by atoms with E-state index in [0.29, 0.717) is 77.8 Å². The number of unbranched alkanes of at least 4 members (excludes halogenated alkanes) is 10. The molecule has 0 aliphatic carbocycles. The molecule has 14 aromatic rings. The number of fused-ring (bicyclic) bond motifs is 4. The van der Waals surface area contributed by atoms with E-state index in [0.717, 1.165) is 78.6 Å². The van der Waals surface area contributed by atoms with E-state index in [1.165, 1.54) is 122 Å². The molecule has 0 radical (unpaired) electrons. The molecular formula is C88H92BrF3N22O7S. The first-order chi connectivity index (χ1) is 59.2. The van der Waals surface area contributed by atoms with Crippen molar-refractivity contribution in [3.8, 4) is 69.2 Å². The summed E-state index contributed by atoms with van der Waals surface area (Å²) in [6.45, 7) is 30.0. The van der Waals surface area contributed by atoms with Crippen molar-refractivity contribution in [1.82, 2.24) is 91.3 Å². The zero-order chi connectivity index (χ0) is 86.6. The number of alkyl halides is 3. The van der Waals surface area contributed by atoms with Gasteiger partial charge in [0.1, 0.15) is 34.5 Å². The number of amides is 2. The molecule has 1 aliphatic rings. The highest BCUT2D eigenvalue weighted by atomic mass is 79.9. The molecule has 15 rings (SSSR count). The third-order valence-corrected chi connectivity index (χ3v) is 22.3. The van der Waals surface area contributed by atoms with Crippen LogP contribution in [-0.4, -0.2) is 166 Å². The van der Waals surface area contributed by atoms with Crippen LogP contribution in [0.3, 0.4) is 0 Å². The van der Waals surface area contributed by atoms with E-state index in [1.54, 1.807) is 103 Å². The quantitative estimate of drug-likeness (QED) is 0.0262. The Kier molecular flexibility index (Phi) is 29.7. The molecule has 1 aliphatic heterocycles. The molecule has 34 heteroatoms. The predicted octanol–water partition coefficient (Wildman–Crippen LogP) is 19.9. The maximum Gasteiger partial charge on any atom is 0.420 e. The maximum absolute atomic E-state index is 14.6. The van der Waals surface area contributed by atoms with Gasteiger partial charge in [0.2, 0.25) is 34.8 Å². The second-order valence-corrected chi connectivity index (χ2v) is 30.5. The summed E-state index contributed by atoms with van der Waals surface area (Å²) in [6, 6.07) is 36.3. The largest absolute Gasteiger partial charge is 0.494 e. The van der Waals surface area contributed by atoms with Gasteiger partial charge in [-0.2, -0.15) is 18.4 Å².